The molecule has 280 valence electrons. The highest BCUT2D eigenvalue weighted by atomic mass is 15.2. The first-order chi connectivity index (χ1) is 28.8. The number of allylic oxidation sites excluding steroid dienone is 1. The van der Waals surface area contributed by atoms with E-state index in [9.17, 15) is 0 Å². The minimum absolute atomic E-state index is 0.0728. The third kappa shape index (κ3) is 4.82. The van der Waals surface area contributed by atoms with E-state index in [2.05, 4.69) is 208 Å². The highest BCUT2D eigenvalue weighted by Gasteiger charge is 2.37. The molecule has 0 amide bonds. The fraction of sp³-hybridized carbons (Fsp3) is 0.107. The number of fused-ring (bicyclic) bond motifs is 11. The lowest BCUT2D eigenvalue weighted by Gasteiger charge is -2.27. The van der Waals surface area contributed by atoms with Crippen LogP contribution in [0.15, 0.2) is 170 Å². The fourth-order valence-corrected chi connectivity index (χ4v) is 10.5. The van der Waals surface area contributed by atoms with Crippen molar-refractivity contribution in [1.29, 1.82) is 0 Å². The van der Waals surface area contributed by atoms with Gasteiger partial charge in [-0.3, -0.25) is 4.57 Å². The summed E-state index contributed by atoms with van der Waals surface area (Å²) in [4.78, 5) is 11.1. The van der Waals surface area contributed by atoms with Crippen LogP contribution in [0.1, 0.15) is 55.5 Å². The number of hydrogen-bond donors (Lipinski definition) is 0. The largest absolute Gasteiger partial charge is 0.278 e. The molecule has 2 aliphatic rings. The third-order valence-corrected chi connectivity index (χ3v) is 13.4. The van der Waals surface area contributed by atoms with Gasteiger partial charge < -0.3 is 0 Å². The van der Waals surface area contributed by atoms with Crippen LogP contribution in [-0.2, 0) is 10.8 Å². The van der Waals surface area contributed by atoms with Crippen molar-refractivity contribution in [3.8, 4) is 39.5 Å². The van der Waals surface area contributed by atoms with Crippen molar-refractivity contribution >= 4 is 55.1 Å². The van der Waals surface area contributed by atoms with E-state index in [0.29, 0.717) is 5.95 Å². The Morgan fingerprint density at radius 1 is 0.458 bits per heavy atom. The minimum Gasteiger partial charge on any atom is -0.278 e. The molecule has 0 atom stereocenters. The van der Waals surface area contributed by atoms with Crippen LogP contribution in [0, 0.1) is 0 Å². The van der Waals surface area contributed by atoms with E-state index in [1.54, 1.807) is 0 Å². The van der Waals surface area contributed by atoms with Gasteiger partial charge >= 0.3 is 0 Å². The lowest BCUT2D eigenvalue weighted by atomic mass is 9.76. The smallest absolute Gasteiger partial charge is 0.235 e. The van der Waals surface area contributed by atoms with Crippen LogP contribution in [0.3, 0.4) is 0 Å². The van der Waals surface area contributed by atoms with Crippen molar-refractivity contribution in [2.45, 2.75) is 38.5 Å². The zero-order chi connectivity index (χ0) is 39.6. The summed E-state index contributed by atoms with van der Waals surface area (Å²) in [6, 6.07) is 62.0. The first-order valence-corrected chi connectivity index (χ1v) is 20.7. The van der Waals surface area contributed by atoms with Crippen molar-refractivity contribution in [2.75, 3.05) is 0 Å². The van der Waals surface area contributed by atoms with Crippen LogP contribution in [0.25, 0.3) is 94.6 Å². The van der Waals surface area contributed by atoms with Gasteiger partial charge in [0.15, 0.2) is 0 Å². The summed E-state index contributed by atoms with van der Waals surface area (Å²) >= 11 is 0. The standard InChI is InChI=1S/C56H41N3/c1-55(2)44-22-14-13-21-41(44)42-27-23-38(32-46(42)55)37-26-29-48-43(31-37)50-40-20-12-11-15-34(40)25-30-49(50)59(48)54-57-47-28-24-39-33-45(35-16-7-5-8-17-35)56(3,4)52(39)51(47)53(58-54)36-18-9-6-10-19-36/h5-33H,1-4H3. The SMILES string of the molecule is CC1(C)C(c2ccccc2)=Cc2ccc3nc(-n4c5ccc(-c6ccc7c(c6)C(C)(C)c6ccccc6-7)cc5c5c6ccccc6ccc54)nc(-c4ccccc4)c3c21. The van der Waals surface area contributed by atoms with Crippen molar-refractivity contribution in [3.63, 3.8) is 0 Å². The molecule has 0 fully saturated rings. The molecule has 2 aromatic heterocycles. The molecule has 0 unspecified atom stereocenters. The molecular formula is C56H41N3. The number of hydrogen-bond acceptors (Lipinski definition) is 2. The van der Waals surface area contributed by atoms with Gasteiger partial charge in [-0.15, -0.1) is 0 Å². The van der Waals surface area contributed by atoms with E-state index in [1.165, 1.54) is 77.2 Å². The molecule has 0 bridgehead atoms. The van der Waals surface area contributed by atoms with E-state index in [0.717, 1.165) is 33.2 Å². The summed E-state index contributed by atoms with van der Waals surface area (Å²) in [5.74, 6) is 0.670. The van der Waals surface area contributed by atoms with Crippen LogP contribution in [0.4, 0.5) is 0 Å². The molecule has 3 heteroatoms. The molecule has 12 rings (SSSR count). The molecule has 0 spiro atoms. The van der Waals surface area contributed by atoms with Gasteiger partial charge in [-0.25, -0.2) is 9.97 Å². The van der Waals surface area contributed by atoms with Gasteiger partial charge in [-0.1, -0.05) is 167 Å². The van der Waals surface area contributed by atoms with E-state index in [1.807, 2.05) is 0 Å². The quantitative estimate of drug-likeness (QED) is 0.179. The number of nitrogens with zero attached hydrogens (tertiary/aromatic N) is 3. The highest BCUT2D eigenvalue weighted by Crippen LogP contribution is 2.52. The van der Waals surface area contributed by atoms with Crippen molar-refractivity contribution in [1.82, 2.24) is 14.5 Å². The lowest BCUT2D eigenvalue weighted by molar-refractivity contribution is 0.660. The van der Waals surface area contributed by atoms with Crippen LogP contribution < -0.4 is 0 Å². The predicted octanol–water partition coefficient (Wildman–Crippen LogP) is 14.4. The molecule has 10 aromatic rings. The molecule has 2 heterocycles. The lowest BCUT2D eigenvalue weighted by Crippen LogP contribution is -2.18. The topological polar surface area (TPSA) is 30.7 Å². The normalized spacial score (nSPS) is 14.8. The summed E-state index contributed by atoms with van der Waals surface area (Å²) in [6.07, 6.45) is 2.36. The van der Waals surface area contributed by atoms with Gasteiger partial charge in [-0.2, -0.15) is 0 Å². The molecular weight excluding hydrogens is 715 g/mol. The summed E-state index contributed by atoms with van der Waals surface area (Å²) in [5.41, 5.74) is 17.7. The van der Waals surface area contributed by atoms with Gasteiger partial charge in [0.25, 0.3) is 0 Å². The fourth-order valence-electron chi connectivity index (χ4n) is 10.5. The Morgan fingerprint density at radius 3 is 1.97 bits per heavy atom. The zero-order valence-electron chi connectivity index (χ0n) is 33.6. The second-order valence-corrected chi connectivity index (χ2v) is 17.4. The number of benzene rings is 8. The second kappa shape index (κ2) is 12.2. The molecule has 0 saturated carbocycles. The summed E-state index contributed by atoms with van der Waals surface area (Å²) < 4.78 is 2.29. The van der Waals surface area contributed by atoms with Crippen LogP contribution in [-0.4, -0.2) is 14.5 Å². The first kappa shape index (κ1) is 34.0. The highest BCUT2D eigenvalue weighted by molar-refractivity contribution is 6.22. The zero-order valence-corrected chi connectivity index (χ0v) is 33.6. The molecule has 3 nitrogen and oxygen atoms in total. The van der Waals surface area contributed by atoms with E-state index < -0.39 is 0 Å². The maximum absolute atomic E-state index is 5.62. The van der Waals surface area contributed by atoms with Crippen molar-refractivity contribution in [3.05, 3.63) is 198 Å². The maximum atomic E-state index is 5.62. The molecule has 0 aliphatic heterocycles. The molecule has 59 heavy (non-hydrogen) atoms. The Morgan fingerprint density at radius 2 is 1.14 bits per heavy atom. The van der Waals surface area contributed by atoms with Crippen LogP contribution in [0.2, 0.25) is 0 Å². The van der Waals surface area contributed by atoms with E-state index >= 15 is 0 Å². The Bertz CT molecular complexity index is 3420. The monoisotopic (exact) mass is 755 g/mol. The van der Waals surface area contributed by atoms with Gasteiger partial charge in [0, 0.05) is 32.6 Å². The molecule has 0 saturated heterocycles. The van der Waals surface area contributed by atoms with Gasteiger partial charge in [0.1, 0.15) is 0 Å². The number of rotatable bonds is 4. The molecule has 0 N–H and O–H groups in total. The minimum atomic E-state index is -0.262. The van der Waals surface area contributed by atoms with Crippen LogP contribution >= 0.6 is 0 Å². The van der Waals surface area contributed by atoms with Gasteiger partial charge in [0.05, 0.1) is 22.2 Å². The Labute approximate surface area is 344 Å². The predicted molar refractivity (Wildman–Crippen MR) is 247 cm³/mol. The Kier molecular flexibility index (Phi) is 7.03. The summed E-state index contributed by atoms with van der Waals surface area (Å²) in [7, 11) is 0. The number of aromatic nitrogens is 3. The molecule has 0 radical (unpaired) electrons. The van der Waals surface area contributed by atoms with Crippen molar-refractivity contribution < 1.29 is 0 Å². The molecule has 8 aromatic carbocycles. The van der Waals surface area contributed by atoms with Crippen LogP contribution in [0.5, 0.6) is 0 Å². The first-order valence-electron chi connectivity index (χ1n) is 20.7. The summed E-state index contributed by atoms with van der Waals surface area (Å²) in [6.45, 7) is 9.39. The van der Waals surface area contributed by atoms with E-state index in [4.69, 9.17) is 9.97 Å². The third-order valence-electron chi connectivity index (χ3n) is 13.4. The average Bonchev–Trinajstić information content (AvgIpc) is 3.85. The van der Waals surface area contributed by atoms with Gasteiger partial charge in [0.2, 0.25) is 5.95 Å². The second-order valence-electron chi connectivity index (χ2n) is 17.4. The summed E-state index contributed by atoms with van der Waals surface area (Å²) in [5, 5.41) is 5.95. The van der Waals surface area contributed by atoms with Gasteiger partial charge in [-0.05, 0) is 103 Å². The van der Waals surface area contributed by atoms with Crippen molar-refractivity contribution in [2.24, 2.45) is 0 Å². The van der Waals surface area contributed by atoms with E-state index in [-0.39, 0.29) is 10.8 Å². The molecule has 2 aliphatic carbocycles. The average molecular weight is 756 g/mol. The Hall–Kier alpha value is -7.10. The maximum Gasteiger partial charge on any atom is 0.235 e. The Balaban J connectivity index is 1.10.